The van der Waals surface area contributed by atoms with E-state index < -0.39 is 0 Å². The van der Waals surface area contributed by atoms with Crippen LogP contribution < -0.4 is 5.73 Å². The Bertz CT molecular complexity index is 318. The predicted octanol–water partition coefficient (Wildman–Crippen LogP) is 3.53. The van der Waals surface area contributed by atoms with Gasteiger partial charge >= 0.3 is 0 Å². The Morgan fingerprint density at radius 3 is 2.67 bits per heavy atom. The van der Waals surface area contributed by atoms with Gasteiger partial charge in [-0.25, -0.2) is 0 Å². The molecule has 0 unspecified atom stereocenters. The molecule has 1 aliphatic carbocycles. The second-order valence-electron chi connectivity index (χ2n) is 4.35. The molecule has 4 heteroatoms. The van der Waals surface area contributed by atoms with Gasteiger partial charge in [-0.3, -0.25) is 0 Å². The molecule has 84 valence electrons. The van der Waals surface area contributed by atoms with Gasteiger partial charge in [0.25, 0.3) is 0 Å². The van der Waals surface area contributed by atoms with Crippen LogP contribution in [-0.2, 0) is 6.42 Å². The number of nitrogens with two attached hydrogens (primary N) is 1. The second-order valence-corrected chi connectivity index (χ2v) is 5.14. The van der Waals surface area contributed by atoms with E-state index in [-0.39, 0.29) is 0 Å². The van der Waals surface area contributed by atoms with E-state index in [1.807, 2.05) is 0 Å². The van der Waals surface area contributed by atoms with Crippen molar-refractivity contribution in [3.8, 4) is 0 Å². The van der Waals surface area contributed by atoms with Crippen LogP contribution in [0.5, 0.6) is 0 Å². The Morgan fingerprint density at radius 1 is 1.33 bits per heavy atom. The largest absolute Gasteiger partial charge is 0.380 e. The number of nitrogen functional groups attached to an aromatic ring is 1. The third-order valence-electron chi connectivity index (χ3n) is 3.23. The molecule has 0 radical (unpaired) electrons. The molecule has 15 heavy (non-hydrogen) atoms. The van der Waals surface area contributed by atoms with E-state index in [1.165, 1.54) is 38.5 Å². The molecule has 0 aliphatic heterocycles. The van der Waals surface area contributed by atoms with Crippen LogP contribution in [0.3, 0.4) is 0 Å². The molecule has 1 aromatic heterocycles. The fourth-order valence-electron chi connectivity index (χ4n) is 2.29. The highest BCUT2D eigenvalue weighted by atomic mass is 79.9. The van der Waals surface area contributed by atoms with Crippen LogP contribution in [0.4, 0.5) is 5.82 Å². The normalized spacial score (nSPS) is 18.2. The van der Waals surface area contributed by atoms with Gasteiger partial charge in [0.05, 0.1) is 0 Å². The fraction of sp³-hybridized carbons (Fsp3) is 0.727. The molecule has 2 N–H and O–H groups in total. The first-order chi connectivity index (χ1) is 7.27. The van der Waals surface area contributed by atoms with Gasteiger partial charge in [0.1, 0.15) is 4.47 Å². The summed E-state index contributed by atoms with van der Waals surface area (Å²) < 4.78 is 6.01. The number of hydrogen-bond donors (Lipinski definition) is 1. The molecule has 0 spiro atoms. The van der Waals surface area contributed by atoms with E-state index in [2.05, 4.69) is 21.1 Å². The summed E-state index contributed by atoms with van der Waals surface area (Å²) in [6.45, 7) is 0. The van der Waals surface area contributed by atoms with Gasteiger partial charge in [-0.15, -0.1) is 0 Å². The Hall–Kier alpha value is -0.510. The summed E-state index contributed by atoms with van der Waals surface area (Å²) in [5.41, 5.74) is 5.60. The lowest BCUT2D eigenvalue weighted by molar-refractivity contribution is 0.317. The molecule has 1 aliphatic rings. The lowest BCUT2D eigenvalue weighted by Gasteiger charge is -2.20. The number of nitrogens with zero attached hydrogens (tertiary/aromatic N) is 1. The molecule has 0 bridgehead atoms. The Kier molecular flexibility index (Phi) is 3.67. The van der Waals surface area contributed by atoms with Gasteiger partial charge in [0.15, 0.2) is 11.6 Å². The molecule has 1 aromatic rings. The average Bonchev–Trinajstić information content (AvgIpc) is 2.59. The molecule has 0 saturated heterocycles. The van der Waals surface area contributed by atoms with Crippen LogP contribution in [0.25, 0.3) is 0 Å². The number of aromatic nitrogens is 1. The monoisotopic (exact) mass is 272 g/mol. The highest BCUT2D eigenvalue weighted by Crippen LogP contribution is 2.30. The van der Waals surface area contributed by atoms with Crippen LogP contribution >= 0.6 is 15.9 Å². The third-order valence-corrected chi connectivity index (χ3v) is 4.08. The van der Waals surface area contributed by atoms with Gasteiger partial charge in [-0.2, -0.15) is 0 Å². The van der Waals surface area contributed by atoms with Crippen molar-refractivity contribution in [1.29, 1.82) is 0 Å². The third kappa shape index (κ3) is 2.74. The van der Waals surface area contributed by atoms with E-state index in [4.69, 9.17) is 10.3 Å². The van der Waals surface area contributed by atoms with Crippen molar-refractivity contribution in [3.05, 3.63) is 10.2 Å². The van der Waals surface area contributed by atoms with Crippen LogP contribution in [0, 0.1) is 5.92 Å². The minimum absolute atomic E-state index is 0.466. The summed E-state index contributed by atoms with van der Waals surface area (Å²) in [6, 6.07) is 0. The molecule has 1 heterocycles. The van der Waals surface area contributed by atoms with E-state index >= 15 is 0 Å². The van der Waals surface area contributed by atoms with Crippen molar-refractivity contribution in [2.75, 3.05) is 5.73 Å². The van der Waals surface area contributed by atoms with E-state index in [0.717, 1.165) is 22.6 Å². The zero-order valence-corrected chi connectivity index (χ0v) is 10.4. The van der Waals surface area contributed by atoms with Crippen molar-refractivity contribution < 1.29 is 4.52 Å². The number of anilines is 1. The SMILES string of the molecule is Nc1noc(CCC2CCCCC2)c1Br. The summed E-state index contributed by atoms with van der Waals surface area (Å²) in [7, 11) is 0. The molecule has 0 atom stereocenters. The Labute approximate surface area is 98.5 Å². The van der Waals surface area contributed by atoms with Crippen LogP contribution in [0.1, 0.15) is 44.3 Å². The highest BCUT2D eigenvalue weighted by Gasteiger charge is 2.16. The average molecular weight is 273 g/mol. The minimum atomic E-state index is 0.466. The maximum atomic E-state index is 5.60. The Balaban J connectivity index is 1.84. The van der Waals surface area contributed by atoms with E-state index in [1.54, 1.807) is 0 Å². The van der Waals surface area contributed by atoms with Crippen LogP contribution in [0.15, 0.2) is 9.00 Å². The zero-order valence-electron chi connectivity index (χ0n) is 8.84. The van der Waals surface area contributed by atoms with Gasteiger partial charge in [-0.05, 0) is 28.3 Å². The maximum Gasteiger partial charge on any atom is 0.181 e. The molecular weight excluding hydrogens is 256 g/mol. The topological polar surface area (TPSA) is 52.0 Å². The first kappa shape index (κ1) is 11.0. The lowest BCUT2D eigenvalue weighted by Crippen LogP contribution is -2.07. The fourth-order valence-corrected chi connectivity index (χ4v) is 2.64. The summed E-state index contributed by atoms with van der Waals surface area (Å²) in [4.78, 5) is 0. The van der Waals surface area contributed by atoms with Gasteiger partial charge in [0, 0.05) is 6.42 Å². The second kappa shape index (κ2) is 5.01. The molecule has 0 amide bonds. The van der Waals surface area contributed by atoms with Gasteiger partial charge in [0.2, 0.25) is 0 Å². The molecule has 1 saturated carbocycles. The standard InChI is InChI=1S/C11H17BrN2O/c12-10-9(15-14-11(10)13)7-6-8-4-2-1-3-5-8/h8H,1-7H2,(H2,13,14). The molecular formula is C11H17BrN2O. The van der Waals surface area contributed by atoms with Crippen molar-refractivity contribution in [2.45, 2.75) is 44.9 Å². The highest BCUT2D eigenvalue weighted by molar-refractivity contribution is 9.10. The van der Waals surface area contributed by atoms with Crippen molar-refractivity contribution >= 4 is 21.7 Å². The maximum absolute atomic E-state index is 5.60. The summed E-state index contributed by atoms with van der Waals surface area (Å²) in [5.74, 6) is 2.24. The summed E-state index contributed by atoms with van der Waals surface area (Å²) >= 11 is 3.39. The van der Waals surface area contributed by atoms with Crippen LogP contribution in [-0.4, -0.2) is 5.16 Å². The summed E-state index contributed by atoms with van der Waals surface area (Å²) in [6.07, 6.45) is 9.11. The predicted molar refractivity (Wildman–Crippen MR) is 63.5 cm³/mol. The smallest absolute Gasteiger partial charge is 0.181 e. The first-order valence-corrected chi connectivity index (χ1v) is 6.46. The number of hydrogen-bond acceptors (Lipinski definition) is 3. The van der Waals surface area contributed by atoms with Crippen molar-refractivity contribution in [1.82, 2.24) is 5.16 Å². The lowest BCUT2D eigenvalue weighted by atomic mass is 9.86. The first-order valence-electron chi connectivity index (χ1n) is 5.67. The van der Waals surface area contributed by atoms with Crippen LogP contribution in [0.2, 0.25) is 0 Å². The molecule has 3 nitrogen and oxygen atoms in total. The van der Waals surface area contributed by atoms with E-state index in [9.17, 15) is 0 Å². The molecule has 2 rings (SSSR count). The van der Waals surface area contributed by atoms with E-state index in [0.29, 0.717) is 5.82 Å². The minimum Gasteiger partial charge on any atom is -0.380 e. The van der Waals surface area contributed by atoms with Gasteiger partial charge in [-0.1, -0.05) is 37.3 Å². The number of halogens is 1. The zero-order chi connectivity index (χ0) is 10.7. The summed E-state index contributed by atoms with van der Waals surface area (Å²) in [5, 5.41) is 3.74. The van der Waals surface area contributed by atoms with Gasteiger partial charge < -0.3 is 10.3 Å². The number of rotatable bonds is 3. The number of aryl methyl sites for hydroxylation is 1. The molecule has 0 aromatic carbocycles. The quantitative estimate of drug-likeness (QED) is 0.916. The Morgan fingerprint density at radius 2 is 2.07 bits per heavy atom. The van der Waals surface area contributed by atoms with Crippen molar-refractivity contribution in [3.63, 3.8) is 0 Å². The van der Waals surface area contributed by atoms with Crippen molar-refractivity contribution in [2.24, 2.45) is 5.92 Å². The molecule has 1 fully saturated rings.